The summed E-state index contributed by atoms with van der Waals surface area (Å²) in [6.45, 7) is 1.76. The Morgan fingerprint density at radius 2 is 1.60 bits per heavy atom. The van der Waals surface area contributed by atoms with Crippen molar-refractivity contribution in [2.45, 2.75) is 30.6 Å². The Labute approximate surface area is 149 Å². The van der Waals surface area contributed by atoms with Gasteiger partial charge in [0.2, 0.25) is 0 Å². The van der Waals surface area contributed by atoms with Crippen molar-refractivity contribution in [2.75, 3.05) is 13.1 Å². The van der Waals surface area contributed by atoms with E-state index in [9.17, 15) is 13.4 Å². The highest BCUT2D eigenvalue weighted by Crippen LogP contribution is 2.17. The molecular weight excluding hydrogens is 341 g/mol. The zero-order valence-electron chi connectivity index (χ0n) is 13.9. The highest BCUT2D eigenvalue weighted by Gasteiger charge is 2.17. The molecular formula is C19H22FNO3S. The minimum Gasteiger partial charge on any atom is -0.481 e. The Balaban J connectivity index is 0.000000196. The van der Waals surface area contributed by atoms with E-state index in [1.165, 1.54) is 18.6 Å². The molecule has 1 unspecified atom stereocenters. The van der Waals surface area contributed by atoms with Crippen molar-refractivity contribution < 1.29 is 18.5 Å². The van der Waals surface area contributed by atoms with Gasteiger partial charge in [0.1, 0.15) is 16.8 Å². The molecule has 0 saturated carbocycles. The molecule has 6 heteroatoms. The van der Waals surface area contributed by atoms with Crippen LogP contribution in [-0.2, 0) is 22.2 Å². The lowest BCUT2D eigenvalue weighted by atomic mass is 10.2. The average Bonchev–Trinajstić information content (AvgIpc) is 2.63. The van der Waals surface area contributed by atoms with E-state index >= 15 is 0 Å². The van der Waals surface area contributed by atoms with Gasteiger partial charge in [0.05, 0.1) is 11.3 Å². The molecule has 1 aliphatic rings. The van der Waals surface area contributed by atoms with E-state index in [4.69, 9.17) is 5.11 Å². The Bertz CT molecular complexity index is 686. The van der Waals surface area contributed by atoms with Crippen LogP contribution in [0.15, 0.2) is 59.5 Å². The molecule has 1 fully saturated rings. The van der Waals surface area contributed by atoms with Crippen LogP contribution in [0.4, 0.5) is 4.39 Å². The normalized spacial score (nSPS) is 15.7. The fourth-order valence-electron chi connectivity index (χ4n) is 2.50. The lowest BCUT2D eigenvalue weighted by Gasteiger charge is -2.24. The third kappa shape index (κ3) is 6.76. The van der Waals surface area contributed by atoms with Crippen molar-refractivity contribution in [3.8, 4) is 0 Å². The van der Waals surface area contributed by atoms with Crippen molar-refractivity contribution in [3.63, 3.8) is 0 Å². The van der Waals surface area contributed by atoms with E-state index in [-0.39, 0.29) is 12.2 Å². The van der Waals surface area contributed by atoms with Crippen LogP contribution < -0.4 is 0 Å². The molecule has 0 amide bonds. The maximum atomic E-state index is 12.7. The number of piperidine rings is 1. The number of aliphatic carboxylic acids is 1. The van der Waals surface area contributed by atoms with E-state index in [0.29, 0.717) is 4.90 Å². The van der Waals surface area contributed by atoms with Crippen molar-refractivity contribution in [3.05, 3.63) is 66.0 Å². The van der Waals surface area contributed by atoms with Crippen molar-refractivity contribution in [1.29, 1.82) is 0 Å². The van der Waals surface area contributed by atoms with Crippen LogP contribution in [0.25, 0.3) is 0 Å². The molecule has 1 aliphatic heterocycles. The van der Waals surface area contributed by atoms with Gasteiger partial charge in [-0.05, 0) is 42.7 Å². The van der Waals surface area contributed by atoms with Crippen LogP contribution in [0.1, 0.15) is 24.8 Å². The first-order valence-corrected chi connectivity index (χ1v) is 9.35. The Morgan fingerprint density at radius 3 is 2.16 bits per heavy atom. The summed E-state index contributed by atoms with van der Waals surface area (Å²) in [6.07, 6.45) is 3.54. The number of nitrogens with zero attached hydrogens (tertiary/aromatic N) is 1. The molecule has 134 valence electrons. The number of benzene rings is 2. The first-order chi connectivity index (χ1) is 12.1. The minimum absolute atomic E-state index is 0.112. The zero-order valence-corrected chi connectivity index (χ0v) is 14.8. The third-order valence-electron chi connectivity index (χ3n) is 3.76. The molecule has 1 N–H and O–H groups in total. The van der Waals surface area contributed by atoms with E-state index in [1.807, 2.05) is 22.5 Å². The maximum absolute atomic E-state index is 12.7. The summed E-state index contributed by atoms with van der Waals surface area (Å²) in [4.78, 5) is 10.9. The SMILES string of the molecule is O=C(O)Cc1ccccc1.O=S(c1ccc(F)cc1)N1CCCCC1. The maximum Gasteiger partial charge on any atom is 0.307 e. The lowest BCUT2D eigenvalue weighted by molar-refractivity contribution is -0.136. The van der Waals surface area contributed by atoms with E-state index in [2.05, 4.69) is 0 Å². The standard InChI is InChI=1S/C11H14FNOS.C8H8O2/c12-10-4-6-11(7-5-10)15(14)13-8-2-1-3-9-13;9-8(10)6-7-4-2-1-3-5-7/h4-7H,1-3,8-9H2;1-5H,6H2,(H,9,10). The molecule has 0 radical (unpaired) electrons. The number of hydrogen-bond acceptors (Lipinski definition) is 2. The molecule has 2 aromatic rings. The van der Waals surface area contributed by atoms with Gasteiger partial charge in [-0.25, -0.2) is 12.9 Å². The van der Waals surface area contributed by atoms with Gasteiger partial charge in [-0.1, -0.05) is 36.8 Å². The Hall–Kier alpha value is -2.05. The summed E-state index contributed by atoms with van der Waals surface area (Å²) in [6, 6.07) is 15.0. The largest absolute Gasteiger partial charge is 0.481 e. The Kier molecular flexibility index (Phi) is 7.76. The second kappa shape index (κ2) is 10.1. The van der Waals surface area contributed by atoms with Crippen molar-refractivity contribution >= 4 is 17.0 Å². The molecule has 3 rings (SSSR count). The predicted molar refractivity (Wildman–Crippen MR) is 96.0 cm³/mol. The number of carbonyl (C=O) groups is 1. The summed E-state index contributed by atoms with van der Waals surface area (Å²) >= 11 is 0. The zero-order chi connectivity index (χ0) is 18.1. The van der Waals surface area contributed by atoms with Gasteiger partial charge < -0.3 is 5.11 Å². The van der Waals surface area contributed by atoms with Crippen molar-refractivity contribution in [1.82, 2.24) is 4.31 Å². The molecule has 4 nitrogen and oxygen atoms in total. The van der Waals surface area contributed by atoms with Gasteiger partial charge in [0.25, 0.3) is 0 Å². The summed E-state index contributed by atoms with van der Waals surface area (Å²) in [7, 11) is -1.11. The van der Waals surface area contributed by atoms with E-state index in [0.717, 1.165) is 31.5 Å². The van der Waals surface area contributed by atoms with E-state index < -0.39 is 17.0 Å². The smallest absolute Gasteiger partial charge is 0.307 e. The molecule has 1 atom stereocenters. The molecule has 2 aromatic carbocycles. The van der Waals surface area contributed by atoms with Crippen LogP contribution in [0, 0.1) is 5.82 Å². The van der Waals surface area contributed by atoms with Gasteiger partial charge >= 0.3 is 5.97 Å². The molecule has 0 aliphatic carbocycles. The molecule has 25 heavy (non-hydrogen) atoms. The van der Waals surface area contributed by atoms with Gasteiger partial charge in [-0.2, -0.15) is 0 Å². The number of carboxylic acid groups (broad SMARTS) is 1. The van der Waals surface area contributed by atoms with Crippen LogP contribution >= 0.6 is 0 Å². The number of rotatable bonds is 4. The summed E-state index contributed by atoms with van der Waals surface area (Å²) < 4.78 is 26.7. The second-order valence-electron chi connectivity index (χ2n) is 5.75. The molecule has 0 spiro atoms. The molecule has 1 saturated heterocycles. The van der Waals surface area contributed by atoms with Crippen molar-refractivity contribution in [2.24, 2.45) is 0 Å². The number of carboxylic acids is 1. The highest BCUT2D eigenvalue weighted by atomic mass is 32.2. The van der Waals surface area contributed by atoms with Crippen LogP contribution in [-0.4, -0.2) is 32.7 Å². The second-order valence-corrected chi connectivity index (χ2v) is 7.23. The lowest BCUT2D eigenvalue weighted by Crippen LogP contribution is -2.31. The number of hydrogen-bond donors (Lipinski definition) is 1. The first kappa shape index (κ1) is 19.3. The van der Waals surface area contributed by atoms with Crippen LogP contribution in [0.2, 0.25) is 0 Å². The topological polar surface area (TPSA) is 57.6 Å². The molecule has 0 bridgehead atoms. The first-order valence-electron chi connectivity index (χ1n) is 8.24. The average molecular weight is 363 g/mol. The summed E-state index contributed by atoms with van der Waals surface area (Å²) in [5.74, 6) is -1.07. The fourth-order valence-corrected chi connectivity index (χ4v) is 3.76. The van der Waals surface area contributed by atoms with E-state index in [1.54, 1.807) is 24.3 Å². The highest BCUT2D eigenvalue weighted by molar-refractivity contribution is 7.82. The predicted octanol–water partition coefficient (Wildman–Crippen LogP) is 3.65. The van der Waals surface area contributed by atoms with Crippen LogP contribution in [0.5, 0.6) is 0 Å². The van der Waals surface area contributed by atoms with Crippen LogP contribution in [0.3, 0.4) is 0 Å². The Morgan fingerprint density at radius 1 is 1.00 bits per heavy atom. The van der Waals surface area contributed by atoms with Gasteiger partial charge in [0, 0.05) is 13.1 Å². The van der Waals surface area contributed by atoms with Gasteiger partial charge in [-0.15, -0.1) is 0 Å². The van der Waals surface area contributed by atoms with Gasteiger partial charge in [-0.3, -0.25) is 4.79 Å². The minimum atomic E-state index is -1.11. The number of halogens is 1. The quantitative estimate of drug-likeness (QED) is 0.902. The monoisotopic (exact) mass is 363 g/mol. The van der Waals surface area contributed by atoms with Gasteiger partial charge in [0.15, 0.2) is 0 Å². The summed E-state index contributed by atoms with van der Waals surface area (Å²) in [5, 5.41) is 8.37. The third-order valence-corrected chi connectivity index (χ3v) is 5.27. The fraction of sp³-hybridized carbons (Fsp3) is 0.316. The molecule has 0 aromatic heterocycles. The molecule has 1 heterocycles. The summed E-state index contributed by atoms with van der Waals surface area (Å²) in [5.41, 5.74) is 0.843.